The third-order valence-electron chi connectivity index (χ3n) is 5.91. The standard InChI is InChI=1S/C25H29FN4O2/c1-16-15-32-19(12-29-16)9-10-21-22(26)13-28-14-24(21)30-25(31)23(27)11-18-7-4-6-17-5-2-3-8-20(17)18/h2-8,13-14,16,19,23,29H,9-12,15,27H2,1H3,(H,30,31)/t16-,19+,23-/m0/s1. The van der Waals surface area contributed by atoms with Crippen molar-refractivity contribution in [2.75, 3.05) is 18.5 Å². The van der Waals surface area contributed by atoms with Crippen LogP contribution in [0.2, 0.25) is 0 Å². The summed E-state index contributed by atoms with van der Waals surface area (Å²) in [5, 5.41) is 8.33. The van der Waals surface area contributed by atoms with E-state index in [0.717, 1.165) is 22.9 Å². The van der Waals surface area contributed by atoms with Gasteiger partial charge in [-0.3, -0.25) is 9.78 Å². The highest BCUT2D eigenvalue weighted by Gasteiger charge is 2.21. The summed E-state index contributed by atoms with van der Waals surface area (Å²) in [7, 11) is 0. The number of anilines is 1. The van der Waals surface area contributed by atoms with Crippen molar-refractivity contribution in [2.24, 2.45) is 5.73 Å². The average Bonchev–Trinajstić information content (AvgIpc) is 2.80. The average molecular weight is 437 g/mol. The summed E-state index contributed by atoms with van der Waals surface area (Å²) in [4.78, 5) is 16.8. The molecule has 2 heterocycles. The van der Waals surface area contributed by atoms with Crippen LogP contribution in [-0.4, -0.2) is 42.2 Å². The molecule has 7 heteroatoms. The largest absolute Gasteiger partial charge is 0.375 e. The zero-order chi connectivity index (χ0) is 22.5. The van der Waals surface area contributed by atoms with Gasteiger partial charge in [0, 0.05) is 18.2 Å². The summed E-state index contributed by atoms with van der Waals surface area (Å²) in [6.07, 6.45) is 4.11. The van der Waals surface area contributed by atoms with Gasteiger partial charge in [0.2, 0.25) is 5.91 Å². The fourth-order valence-electron chi connectivity index (χ4n) is 4.07. The van der Waals surface area contributed by atoms with Crippen molar-refractivity contribution in [2.45, 2.75) is 44.4 Å². The molecule has 0 bridgehead atoms. The molecule has 3 atom stereocenters. The molecule has 1 amide bonds. The van der Waals surface area contributed by atoms with Crippen LogP contribution < -0.4 is 16.4 Å². The van der Waals surface area contributed by atoms with E-state index in [1.807, 2.05) is 42.5 Å². The minimum atomic E-state index is -0.774. The van der Waals surface area contributed by atoms with Crippen molar-refractivity contribution in [3.63, 3.8) is 0 Å². The summed E-state index contributed by atoms with van der Waals surface area (Å²) < 4.78 is 20.3. The Balaban J connectivity index is 1.42. The molecule has 168 valence electrons. The maximum Gasteiger partial charge on any atom is 0.241 e. The molecular weight excluding hydrogens is 407 g/mol. The molecule has 0 radical (unpaired) electrons. The number of carbonyl (C=O) groups is 1. The molecule has 2 aromatic carbocycles. The number of hydrogen-bond acceptors (Lipinski definition) is 5. The Morgan fingerprint density at radius 1 is 1.28 bits per heavy atom. The number of aromatic nitrogens is 1. The van der Waals surface area contributed by atoms with Crippen LogP contribution in [0, 0.1) is 5.82 Å². The van der Waals surface area contributed by atoms with Crippen molar-refractivity contribution >= 4 is 22.4 Å². The molecule has 1 aromatic heterocycles. The van der Waals surface area contributed by atoms with Gasteiger partial charge < -0.3 is 21.1 Å². The van der Waals surface area contributed by atoms with Gasteiger partial charge in [0.25, 0.3) is 0 Å². The third-order valence-corrected chi connectivity index (χ3v) is 5.91. The Morgan fingerprint density at radius 2 is 2.09 bits per heavy atom. The van der Waals surface area contributed by atoms with Crippen LogP contribution >= 0.6 is 0 Å². The number of morpholine rings is 1. The van der Waals surface area contributed by atoms with Crippen molar-refractivity contribution in [1.29, 1.82) is 0 Å². The lowest BCUT2D eigenvalue weighted by atomic mass is 9.98. The molecule has 32 heavy (non-hydrogen) atoms. The number of ether oxygens (including phenoxy) is 1. The van der Waals surface area contributed by atoms with E-state index in [0.29, 0.717) is 43.2 Å². The number of hydrogen-bond donors (Lipinski definition) is 3. The molecule has 0 saturated carbocycles. The molecule has 0 unspecified atom stereocenters. The third kappa shape index (κ3) is 5.30. The number of rotatable bonds is 7. The number of pyridine rings is 1. The van der Waals surface area contributed by atoms with Crippen LogP contribution in [0.25, 0.3) is 10.8 Å². The van der Waals surface area contributed by atoms with Crippen molar-refractivity contribution < 1.29 is 13.9 Å². The second-order valence-corrected chi connectivity index (χ2v) is 8.39. The van der Waals surface area contributed by atoms with Gasteiger partial charge in [-0.05, 0) is 42.5 Å². The van der Waals surface area contributed by atoms with Gasteiger partial charge in [-0.2, -0.15) is 0 Å². The van der Waals surface area contributed by atoms with Crippen molar-refractivity contribution in [1.82, 2.24) is 10.3 Å². The Bertz CT molecular complexity index is 1080. The quantitative estimate of drug-likeness (QED) is 0.529. The predicted molar refractivity (Wildman–Crippen MR) is 124 cm³/mol. The zero-order valence-electron chi connectivity index (χ0n) is 18.2. The van der Waals surface area contributed by atoms with E-state index in [1.165, 1.54) is 12.4 Å². The first kappa shape index (κ1) is 22.3. The SMILES string of the molecule is C[C@H]1CO[C@H](CCc2c(F)cncc2NC(=O)[C@@H](N)Cc2cccc3ccccc23)CN1. The molecular formula is C25H29FN4O2. The Hall–Kier alpha value is -2.87. The number of halogens is 1. The molecule has 1 aliphatic heterocycles. The maximum atomic E-state index is 14.5. The Labute approximate surface area is 187 Å². The molecule has 0 spiro atoms. The van der Waals surface area contributed by atoms with Crippen molar-refractivity contribution in [3.05, 3.63) is 71.8 Å². The van der Waals surface area contributed by atoms with E-state index in [-0.39, 0.29) is 12.0 Å². The number of nitrogens with zero attached hydrogens (tertiary/aromatic N) is 1. The zero-order valence-corrected chi connectivity index (χ0v) is 18.2. The predicted octanol–water partition coefficient (Wildman–Crippen LogP) is 3.19. The first-order valence-electron chi connectivity index (χ1n) is 11.0. The van der Waals surface area contributed by atoms with Gasteiger partial charge in [-0.1, -0.05) is 42.5 Å². The fraction of sp³-hybridized carbons (Fsp3) is 0.360. The molecule has 4 N–H and O–H groups in total. The van der Waals surface area contributed by atoms with Crippen LogP contribution in [0.15, 0.2) is 54.9 Å². The van der Waals surface area contributed by atoms with E-state index in [9.17, 15) is 9.18 Å². The van der Waals surface area contributed by atoms with Crippen molar-refractivity contribution in [3.8, 4) is 0 Å². The Kier molecular flexibility index (Phi) is 7.09. The van der Waals surface area contributed by atoms with Gasteiger partial charge in [0.05, 0.1) is 36.8 Å². The van der Waals surface area contributed by atoms with E-state index < -0.39 is 11.9 Å². The van der Waals surface area contributed by atoms with Gasteiger partial charge >= 0.3 is 0 Å². The van der Waals surface area contributed by atoms with Crippen LogP contribution in [0.1, 0.15) is 24.5 Å². The molecule has 1 fully saturated rings. The highest BCUT2D eigenvalue weighted by molar-refractivity contribution is 5.96. The molecule has 4 rings (SSSR count). The van der Waals surface area contributed by atoms with Gasteiger partial charge in [-0.25, -0.2) is 4.39 Å². The molecule has 6 nitrogen and oxygen atoms in total. The van der Waals surface area contributed by atoms with E-state index in [4.69, 9.17) is 10.5 Å². The number of nitrogens with one attached hydrogen (secondary N) is 2. The van der Waals surface area contributed by atoms with Crippen LogP contribution in [0.5, 0.6) is 0 Å². The topological polar surface area (TPSA) is 89.3 Å². The van der Waals surface area contributed by atoms with Gasteiger partial charge in [0.1, 0.15) is 5.82 Å². The summed E-state index contributed by atoms with van der Waals surface area (Å²) in [6, 6.07) is 13.5. The number of amides is 1. The van der Waals surface area contributed by atoms with E-state index in [2.05, 4.69) is 22.5 Å². The lowest BCUT2D eigenvalue weighted by molar-refractivity contribution is -0.117. The summed E-state index contributed by atoms with van der Waals surface area (Å²) >= 11 is 0. The number of benzene rings is 2. The molecule has 1 aliphatic rings. The smallest absolute Gasteiger partial charge is 0.241 e. The minimum Gasteiger partial charge on any atom is -0.375 e. The minimum absolute atomic E-state index is 0.0101. The molecule has 3 aromatic rings. The van der Waals surface area contributed by atoms with E-state index >= 15 is 0 Å². The summed E-state index contributed by atoms with van der Waals surface area (Å²) in [5.41, 5.74) is 8.01. The summed E-state index contributed by atoms with van der Waals surface area (Å²) in [6.45, 7) is 3.43. The first-order valence-corrected chi connectivity index (χ1v) is 11.0. The number of nitrogens with two attached hydrogens (primary N) is 1. The second-order valence-electron chi connectivity index (χ2n) is 8.39. The Morgan fingerprint density at radius 3 is 2.91 bits per heavy atom. The van der Waals surface area contributed by atoms with E-state index in [1.54, 1.807) is 0 Å². The van der Waals surface area contributed by atoms with Crippen LogP contribution in [-0.2, 0) is 22.4 Å². The monoisotopic (exact) mass is 436 g/mol. The molecule has 1 saturated heterocycles. The highest BCUT2D eigenvalue weighted by Crippen LogP contribution is 2.23. The summed E-state index contributed by atoms with van der Waals surface area (Å²) in [5.74, 6) is -0.807. The lowest BCUT2D eigenvalue weighted by Gasteiger charge is -2.28. The second kappa shape index (κ2) is 10.2. The lowest BCUT2D eigenvalue weighted by Crippen LogP contribution is -2.44. The van der Waals surface area contributed by atoms with Crippen LogP contribution in [0.3, 0.4) is 0 Å². The van der Waals surface area contributed by atoms with Gasteiger partial charge in [-0.15, -0.1) is 0 Å². The fourth-order valence-corrected chi connectivity index (χ4v) is 4.07. The number of fused-ring (bicyclic) bond motifs is 1. The maximum absolute atomic E-state index is 14.5. The normalized spacial score (nSPS) is 19.6. The van der Waals surface area contributed by atoms with Crippen LogP contribution in [0.4, 0.5) is 10.1 Å². The first-order chi connectivity index (χ1) is 15.5. The van der Waals surface area contributed by atoms with Gasteiger partial charge in [0.15, 0.2) is 0 Å². The molecule has 0 aliphatic carbocycles. The highest BCUT2D eigenvalue weighted by atomic mass is 19.1. The number of carbonyl (C=O) groups excluding carboxylic acids is 1.